The molecule has 0 aliphatic heterocycles. The van der Waals surface area contributed by atoms with Gasteiger partial charge in [0.15, 0.2) is 11.6 Å². The van der Waals surface area contributed by atoms with Crippen molar-refractivity contribution in [3.05, 3.63) is 425 Å². The van der Waals surface area contributed by atoms with Crippen LogP contribution in [0.3, 0.4) is 0 Å². The molecule has 0 amide bonds. The van der Waals surface area contributed by atoms with E-state index in [1.54, 1.807) is 12.4 Å². The number of para-hydroxylation sites is 6. The Bertz CT molecular complexity index is 11700. The molecule has 20 aromatic heterocycles. The molecular formula is C126H70N14S8. The smallest absolute Gasteiger partial charge is 0.238 e. The van der Waals surface area contributed by atoms with E-state index >= 15 is 0 Å². The van der Waals surface area contributed by atoms with Crippen LogP contribution >= 0.6 is 90.7 Å². The summed E-state index contributed by atoms with van der Waals surface area (Å²) in [5.41, 5.74) is 24.6. The second-order valence-corrected chi connectivity index (χ2v) is 46.4. The Kier molecular flexibility index (Phi) is 18.8. The molecule has 692 valence electrons. The van der Waals surface area contributed by atoms with Crippen LogP contribution in [0.1, 0.15) is 0 Å². The summed E-state index contributed by atoms with van der Waals surface area (Å²) in [6.07, 6.45) is 7.16. The third-order valence-corrected chi connectivity index (χ3v) is 38.9. The van der Waals surface area contributed by atoms with Crippen molar-refractivity contribution in [3.63, 3.8) is 0 Å². The first kappa shape index (κ1) is 84.0. The van der Waals surface area contributed by atoms with Crippen LogP contribution in [0.25, 0.3) is 296 Å². The topological polar surface area (TPSA) is 132 Å². The van der Waals surface area contributed by atoms with E-state index in [1.165, 1.54) is 195 Å². The highest BCUT2D eigenvalue weighted by Crippen LogP contribution is 2.55. The zero-order valence-electron chi connectivity index (χ0n) is 77.9. The van der Waals surface area contributed by atoms with Gasteiger partial charge in [-0.05, 0) is 144 Å². The monoisotopic (exact) mass is 2030 g/mol. The predicted molar refractivity (Wildman–Crippen MR) is 632 cm³/mol. The molecule has 0 saturated heterocycles. The first-order valence-electron chi connectivity index (χ1n) is 48.8. The molecular weight excluding hydrogens is 1970 g/mol. The number of hydrogen-bond acceptors (Lipinski definition) is 16. The normalized spacial score (nSPS) is 12.2. The number of hydrogen-bond donors (Lipinski definition) is 0. The lowest BCUT2D eigenvalue weighted by atomic mass is 10.1. The van der Waals surface area contributed by atoms with E-state index in [1.807, 2.05) is 158 Å². The number of imidazole rings is 2. The highest BCUT2D eigenvalue weighted by molar-refractivity contribution is 7.47. The Morgan fingerprint density at radius 1 is 0.196 bits per heavy atom. The maximum Gasteiger partial charge on any atom is 0.238 e. The summed E-state index contributed by atoms with van der Waals surface area (Å²) in [4.78, 5) is 38.8. The lowest BCUT2D eigenvalue weighted by Gasteiger charge is -2.10. The van der Waals surface area contributed by atoms with Crippen molar-refractivity contribution < 1.29 is 0 Å². The third-order valence-electron chi connectivity index (χ3n) is 29.0. The van der Waals surface area contributed by atoms with E-state index in [0.29, 0.717) is 17.6 Å². The fraction of sp³-hybridized carbons (Fsp3) is 0. The molecule has 0 spiro atoms. The molecule has 14 nitrogen and oxygen atoms in total. The molecule has 0 radical (unpaired) electrons. The molecule has 35 rings (SSSR count). The van der Waals surface area contributed by atoms with Crippen molar-refractivity contribution in [3.8, 4) is 57.2 Å². The van der Waals surface area contributed by atoms with Gasteiger partial charge in [-0.2, -0.15) is 9.97 Å². The minimum atomic E-state index is 0.613. The Balaban J connectivity index is 0.0000000879. The van der Waals surface area contributed by atoms with Gasteiger partial charge in [-0.3, -0.25) is 27.9 Å². The van der Waals surface area contributed by atoms with Crippen molar-refractivity contribution in [1.82, 2.24) is 66.9 Å². The summed E-state index contributed by atoms with van der Waals surface area (Å²) in [7, 11) is 0. The Labute approximate surface area is 871 Å². The second-order valence-electron chi connectivity index (χ2n) is 37.1. The summed E-state index contributed by atoms with van der Waals surface area (Å²) >= 11 is 15.1. The largest absolute Gasteiger partial charge is 0.308 e. The number of thiophene rings is 8. The van der Waals surface area contributed by atoms with Gasteiger partial charge in [-0.25, -0.2) is 19.9 Å². The summed E-state index contributed by atoms with van der Waals surface area (Å²) in [6, 6.07) is 142. The highest BCUT2D eigenvalue weighted by Gasteiger charge is 2.30. The van der Waals surface area contributed by atoms with E-state index in [0.717, 1.165) is 84.0 Å². The molecule has 0 aliphatic rings. The Hall–Kier alpha value is -17.4. The second kappa shape index (κ2) is 33.1. The van der Waals surface area contributed by atoms with Gasteiger partial charge in [0.05, 0.1) is 118 Å². The summed E-state index contributed by atoms with van der Waals surface area (Å²) in [5, 5.41) is 23.0. The molecule has 22 heteroatoms. The molecule has 148 heavy (non-hydrogen) atoms. The van der Waals surface area contributed by atoms with Gasteiger partial charge >= 0.3 is 0 Å². The van der Waals surface area contributed by atoms with Crippen LogP contribution in [0.4, 0.5) is 0 Å². The number of pyridine rings is 5. The molecule has 15 aromatic carbocycles. The van der Waals surface area contributed by atoms with E-state index < -0.39 is 0 Å². The van der Waals surface area contributed by atoms with Crippen LogP contribution in [-0.4, -0.2) is 66.9 Å². The minimum absolute atomic E-state index is 0.613. The van der Waals surface area contributed by atoms with Crippen LogP contribution in [0.15, 0.2) is 425 Å². The number of benzene rings is 15. The molecule has 35 aromatic rings. The average Bonchev–Trinajstić information content (AvgIpc) is 1.56. The molecule has 0 atom stereocenters. The first-order chi connectivity index (χ1) is 73.4. The Morgan fingerprint density at radius 3 is 1.01 bits per heavy atom. The fourth-order valence-corrected chi connectivity index (χ4v) is 33.5. The quantitative estimate of drug-likeness (QED) is 0.144. The predicted octanol–water partition coefficient (Wildman–Crippen LogP) is 36.4. The van der Waals surface area contributed by atoms with Crippen molar-refractivity contribution >= 4 is 330 Å². The Morgan fingerprint density at radius 2 is 0.541 bits per heavy atom. The maximum absolute atomic E-state index is 5.27. The van der Waals surface area contributed by atoms with Gasteiger partial charge in [-0.15, -0.1) is 90.7 Å². The van der Waals surface area contributed by atoms with Crippen molar-refractivity contribution in [2.24, 2.45) is 0 Å². The minimum Gasteiger partial charge on any atom is -0.308 e. The lowest BCUT2D eigenvalue weighted by molar-refractivity contribution is 0.955. The van der Waals surface area contributed by atoms with Crippen LogP contribution in [0, 0.1) is 0 Å². The number of fused-ring (bicyclic) bond motifs is 44. The van der Waals surface area contributed by atoms with Crippen molar-refractivity contribution in [1.29, 1.82) is 0 Å². The molecule has 20 heterocycles. The van der Waals surface area contributed by atoms with E-state index in [-0.39, 0.29) is 0 Å². The average molecular weight is 2040 g/mol. The van der Waals surface area contributed by atoms with Crippen LogP contribution < -0.4 is 0 Å². The molecule has 0 unspecified atom stereocenters. The van der Waals surface area contributed by atoms with E-state index in [9.17, 15) is 0 Å². The SMILES string of the molecule is c1cc(-c2ccncc2)nc(-n2c3ccccc3c3sc4sc5ccccc5c4c32)c1.c1ccc(-c2nc(-c3ccncc3)nc(-n3c4ccccc4c4sc5sc6ccccc6c5c43)n2)cc1.c1ccc2c(c1)sc1sc3c4ccccc4n(-c4ccc5c(c4)nc4c6ccccc6c6ccccc6n54)c3c12.c1ccc2c(c1)sc1sc3c4ccccc4n(-c4ccc5nc6c7ccccc7c7ccccc7n6c5c4)c3c12. The number of nitrogens with zero attached hydrogens (tertiary/aromatic N) is 14. The maximum atomic E-state index is 5.27. The number of rotatable bonds is 7. The van der Waals surface area contributed by atoms with Crippen molar-refractivity contribution in [2.45, 2.75) is 0 Å². The molecule has 0 fully saturated rings. The van der Waals surface area contributed by atoms with Crippen LogP contribution in [0.5, 0.6) is 0 Å². The van der Waals surface area contributed by atoms with E-state index in [4.69, 9.17) is 29.9 Å². The van der Waals surface area contributed by atoms with Gasteiger partial charge in [-0.1, -0.05) is 267 Å². The first-order valence-corrected chi connectivity index (χ1v) is 55.3. The van der Waals surface area contributed by atoms with Gasteiger partial charge in [0, 0.05) is 158 Å². The highest BCUT2D eigenvalue weighted by atomic mass is 32.2. The standard InChI is InChI=1S/2C35H19N3S2.C30H17N5S2.C26H15N3S2/c1-2-11-23-21(9-1)22-10-3-6-14-27(22)38-29-18-17-20(19-26(29)36-34(23)38)37-28-15-7-4-12-24(28)33-32(37)31-25-13-5-8-16-30(25)39-35(31)40-33;1-2-11-23-21(9-1)22-10-3-6-14-27(22)38-29-19-20(17-18-26(29)36-34(23)38)37-28-15-7-4-12-24(28)33-32(37)31-25-13-5-8-16-30(25)39-35(31)40-33;1-2-8-18(9-3-1)27-32-28(19-14-16-31-17-15-19)34-30(33-27)35-22-12-6-4-10-20(22)26-25(35)24-21-11-5-7-13-23(21)36-29(24)37-26;1-3-9-20-17(6-1)25-24(23-18-7-2-4-10-21(18)30-26(23)31-25)29(20)22-11-5-8-19(28-22)16-12-14-27-15-13-16/h2*1-19H;1-17H;1-15H. The number of aromatic nitrogens is 14. The van der Waals surface area contributed by atoms with Gasteiger partial charge < -0.3 is 9.13 Å². The molecule has 0 bridgehead atoms. The van der Waals surface area contributed by atoms with Gasteiger partial charge in [0.25, 0.3) is 0 Å². The molecule has 0 N–H and O–H groups in total. The summed E-state index contributed by atoms with van der Waals surface area (Å²) in [6.45, 7) is 0. The van der Waals surface area contributed by atoms with E-state index in [2.05, 4.69) is 383 Å². The fourth-order valence-electron chi connectivity index (χ4n) is 22.7. The van der Waals surface area contributed by atoms with Crippen LogP contribution in [0.2, 0.25) is 0 Å². The van der Waals surface area contributed by atoms with Gasteiger partial charge in [0.2, 0.25) is 5.95 Å². The van der Waals surface area contributed by atoms with Crippen LogP contribution in [-0.2, 0) is 0 Å². The summed E-state index contributed by atoms with van der Waals surface area (Å²) in [5.74, 6) is 2.82. The molecule has 0 saturated carbocycles. The lowest BCUT2D eigenvalue weighted by Crippen LogP contribution is -2.06. The van der Waals surface area contributed by atoms with Crippen molar-refractivity contribution in [2.75, 3.05) is 0 Å². The zero-order chi connectivity index (χ0) is 96.6. The third kappa shape index (κ3) is 12.7. The molecule has 0 aliphatic carbocycles. The summed E-state index contributed by atoms with van der Waals surface area (Å²) < 4.78 is 30.3. The zero-order valence-corrected chi connectivity index (χ0v) is 84.5. The van der Waals surface area contributed by atoms with Gasteiger partial charge in [0.1, 0.15) is 17.1 Å².